The van der Waals surface area contributed by atoms with Crippen LogP contribution in [0.5, 0.6) is 5.75 Å². The van der Waals surface area contributed by atoms with Crippen LogP contribution in [0, 0.1) is 0 Å². The summed E-state index contributed by atoms with van der Waals surface area (Å²) < 4.78 is 1.04. The largest absolute Gasteiger partial charge is 0.508 e. The number of rotatable bonds is 3. The van der Waals surface area contributed by atoms with Crippen molar-refractivity contribution in [2.75, 3.05) is 20.1 Å². The zero-order valence-corrected chi connectivity index (χ0v) is 16.0. The van der Waals surface area contributed by atoms with Gasteiger partial charge >= 0.3 is 0 Å². The second-order valence-corrected chi connectivity index (χ2v) is 7.49. The quantitative estimate of drug-likeness (QED) is 0.616. The van der Waals surface area contributed by atoms with E-state index in [1.165, 1.54) is 10.9 Å². The maximum Gasteiger partial charge on any atom is 0.237 e. The molecule has 0 bridgehead atoms. The predicted molar refractivity (Wildman–Crippen MR) is 105 cm³/mol. The number of benzene rings is 2. The first-order chi connectivity index (χ1) is 12.6. The molecule has 6 heteroatoms. The summed E-state index contributed by atoms with van der Waals surface area (Å²) in [5.74, 6) is 0.251. The summed E-state index contributed by atoms with van der Waals surface area (Å²) in [7, 11) is 1.77. The topological polar surface area (TPSA) is 68.4 Å². The van der Waals surface area contributed by atoms with Gasteiger partial charge in [-0.3, -0.25) is 4.79 Å². The molecule has 1 atom stereocenters. The van der Waals surface area contributed by atoms with Crippen molar-refractivity contribution in [2.24, 2.45) is 0 Å². The molecule has 1 aromatic heterocycles. The van der Waals surface area contributed by atoms with Crippen LogP contribution < -0.4 is 5.32 Å². The van der Waals surface area contributed by atoms with Crippen molar-refractivity contribution in [3.63, 3.8) is 0 Å². The van der Waals surface area contributed by atoms with Crippen LogP contribution in [0.25, 0.3) is 10.9 Å². The molecule has 4 rings (SSSR count). The minimum absolute atomic E-state index is 0.0475. The third-order valence-electron chi connectivity index (χ3n) is 4.92. The highest BCUT2D eigenvalue weighted by molar-refractivity contribution is 9.10. The minimum Gasteiger partial charge on any atom is -0.508 e. The maximum atomic E-state index is 12.7. The first kappa shape index (κ1) is 17.1. The van der Waals surface area contributed by atoms with Crippen LogP contribution in [-0.4, -0.2) is 41.0 Å². The normalized spacial score (nSPS) is 16.7. The van der Waals surface area contributed by atoms with Crippen molar-refractivity contribution >= 4 is 32.7 Å². The molecular weight excluding hydrogens is 394 g/mol. The first-order valence-corrected chi connectivity index (χ1v) is 9.41. The second kappa shape index (κ2) is 6.78. The van der Waals surface area contributed by atoms with Crippen molar-refractivity contribution < 1.29 is 9.90 Å². The van der Waals surface area contributed by atoms with Crippen LogP contribution in [0.1, 0.15) is 22.9 Å². The van der Waals surface area contributed by atoms with Crippen LogP contribution in [0.3, 0.4) is 0 Å². The fraction of sp³-hybridized carbons (Fsp3) is 0.250. The van der Waals surface area contributed by atoms with Crippen molar-refractivity contribution in [2.45, 2.75) is 12.5 Å². The second-order valence-electron chi connectivity index (χ2n) is 6.57. The summed E-state index contributed by atoms with van der Waals surface area (Å²) in [6.07, 6.45) is 0.802. The van der Waals surface area contributed by atoms with Crippen LogP contribution in [0.4, 0.5) is 0 Å². The van der Waals surface area contributed by atoms with Gasteiger partial charge in [0, 0.05) is 27.6 Å². The number of carbonyl (C=O) groups is 1. The Balaban J connectivity index is 1.89. The minimum atomic E-state index is -0.238. The number of carbonyl (C=O) groups excluding carboxylic acids is 1. The van der Waals surface area contributed by atoms with Gasteiger partial charge in [-0.1, -0.05) is 28.1 Å². The van der Waals surface area contributed by atoms with Gasteiger partial charge in [-0.25, -0.2) is 0 Å². The summed E-state index contributed by atoms with van der Waals surface area (Å²) in [4.78, 5) is 18.1. The lowest BCUT2D eigenvalue weighted by atomic mass is 9.92. The number of nitrogens with one attached hydrogen (secondary N) is 2. The number of aromatic nitrogens is 1. The molecule has 5 nitrogen and oxygen atoms in total. The summed E-state index contributed by atoms with van der Waals surface area (Å²) in [6, 6.07) is 13.1. The van der Waals surface area contributed by atoms with Gasteiger partial charge in [-0.2, -0.15) is 0 Å². The molecule has 0 radical (unpaired) electrons. The van der Waals surface area contributed by atoms with Gasteiger partial charge in [-0.15, -0.1) is 0 Å². The predicted octanol–water partition coefficient (Wildman–Crippen LogP) is 3.33. The van der Waals surface area contributed by atoms with E-state index in [9.17, 15) is 9.90 Å². The molecule has 134 valence electrons. The maximum absolute atomic E-state index is 12.7. The van der Waals surface area contributed by atoms with E-state index in [0.29, 0.717) is 6.54 Å². The number of likely N-dealkylation sites (N-methyl/N-ethyl adjacent to an activating group) is 1. The number of hydrogen-bond donors (Lipinski definition) is 3. The zero-order chi connectivity index (χ0) is 18.3. The van der Waals surface area contributed by atoms with E-state index in [-0.39, 0.29) is 24.2 Å². The summed E-state index contributed by atoms with van der Waals surface area (Å²) >= 11 is 3.55. The number of nitrogens with zero attached hydrogens (tertiary/aromatic N) is 1. The Labute approximate surface area is 160 Å². The first-order valence-electron chi connectivity index (χ1n) is 8.61. The Bertz CT molecular complexity index is 982. The lowest BCUT2D eigenvalue weighted by Crippen LogP contribution is -2.44. The molecule has 2 heterocycles. The molecule has 26 heavy (non-hydrogen) atoms. The van der Waals surface area contributed by atoms with Crippen molar-refractivity contribution in [3.8, 4) is 5.75 Å². The van der Waals surface area contributed by atoms with Gasteiger partial charge in [-0.05, 0) is 54.9 Å². The van der Waals surface area contributed by atoms with Gasteiger partial charge < -0.3 is 20.3 Å². The van der Waals surface area contributed by atoms with Crippen LogP contribution >= 0.6 is 15.9 Å². The number of phenols is 1. The van der Waals surface area contributed by atoms with Gasteiger partial charge in [0.1, 0.15) is 5.75 Å². The van der Waals surface area contributed by atoms with Crippen molar-refractivity contribution in [3.05, 3.63) is 63.8 Å². The highest BCUT2D eigenvalue weighted by Gasteiger charge is 2.34. The molecule has 2 aromatic carbocycles. The molecule has 3 N–H and O–H groups in total. The molecule has 0 saturated heterocycles. The van der Waals surface area contributed by atoms with Crippen LogP contribution in [0.15, 0.2) is 46.9 Å². The fourth-order valence-corrected chi connectivity index (χ4v) is 4.18. The van der Waals surface area contributed by atoms with Gasteiger partial charge in [0.25, 0.3) is 0 Å². The highest BCUT2D eigenvalue weighted by atomic mass is 79.9. The van der Waals surface area contributed by atoms with E-state index < -0.39 is 0 Å². The number of phenolic OH excluding ortho intramolecular Hbond substituents is 1. The lowest BCUT2D eigenvalue weighted by Gasteiger charge is -2.36. The smallest absolute Gasteiger partial charge is 0.237 e. The highest BCUT2D eigenvalue weighted by Crippen LogP contribution is 2.39. The molecule has 1 unspecified atom stereocenters. The molecule has 0 fully saturated rings. The Morgan fingerprint density at radius 1 is 1.35 bits per heavy atom. The number of H-pyrrole nitrogens is 1. The van der Waals surface area contributed by atoms with Crippen molar-refractivity contribution in [1.29, 1.82) is 0 Å². The van der Waals surface area contributed by atoms with E-state index in [4.69, 9.17) is 0 Å². The molecule has 1 aliphatic rings. The third-order valence-corrected chi connectivity index (χ3v) is 5.42. The monoisotopic (exact) mass is 413 g/mol. The average Bonchev–Trinajstić information content (AvgIpc) is 2.99. The molecule has 3 aromatic rings. The summed E-state index contributed by atoms with van der Waals surface area (Å²) in [6.45, 7) is 0.934. The van der Waals surface area contributed by atoms with E-state index in [0.717, 1.165) is 27.7 Å². The SMILES string of the molecule is CNCC(=O)N1CCc2c([nH]c3ccc(Br)cc23)C1c1cccc(O)c1. The number of hydrogen-bond acceptors (Lipinski definition) is 3. The summed E-state index contributed by atoms with van der Waals surface area (Å²) in [5, 5.41) is 14.1. The van der Waals surface area contributed by atoms with Crippen molar-refractivity contribution in [1.82, 2.24) is 15.2 Å². The zero-order valence-electron chi connectivity index (χ0n) is 14.4. The van der Waals surface area contributed by atoms with Crippen LogP contribution in [0.2, 0.25) is 0 Å². The Morgan fingerprint density at radius 3 is 2.96 bits per heavy atom. The molecular formula is C20H20BrN3O2. The molecule has 1 aliphatic heterocycles. The van der Waals surface area contributed by atoms with Crippen LogP contribution in [-0.2, 0) is 11.2 Å². The molecule has 0 saturated carbocycles. The van der Waals surface area contributed by atoms with E-state index in [1.807, 2.05) is 23.1 Å². The number of fused-ring (bicyclic) bond motifs is 3. The van der Waals surface area contributed by atoms with Gasteiger partial charge in [0.15, 0.2) is 0 Å². The summed E-state index contributed by atoms with van der Waals surface area (Å²) in [5.41, 5.74) is 4.23. The molecule has 1 amide bonds. The fourth-order valence-electron chi connectivity index (χ4n) is 3.82. The van der Waals surface area contributed by atoms with Gasteiger partial charge in [0.05, 0.1) is 12.6 Å². The van der Waals surface area contributed by atoms with Gasteiger partial charge in [0.2, 0.25) is 5.91 Å². The van der Waals surface area contributed by atoms with E-state index in [2.05, 4.69) is 38.4 Å². The average molecular weight is 414 g/mol. The standard InChI is InChI=1S/C20H20BrN3O2/c1-22-11-18(26)24-8-7-15-16-10-13(21)5-6-17(16)23-19(15)20(24)12-3-2-4-14(25)9-12/h2-6,9-10,20,22-23,25H,7-8,11H2,1H3. The molecule has 0 spiro atoms. The third kappa shape index (κ3) is 2.89. The number of aromatic hydroxyl groups is 1. The Kier molecular flexibility index (Phi) is 4.46. The lowest BCUT2D eigenvalue weighted by molar-refractivity contribution is -0.132. The number of halogens is 1. The van der Waals surface area contributed by atoms with E-state index in [1.54, 1.807) is 19.2 Å². The Morgan fingerprint density at radius 2 is 2.19 bits per heavy atom. The Hall–Kier alpha value is -2.31. The number of aromatic amines is 1. The van der Waals surface area contributed by atoms with E-state index >= 15 is 0 Å². The molecule has 0 aliphatic carbocycles. The number of amides is 1.